The fraction of sp³-hybridized carbons (Fsp3) is 0.0667. The molecule has 2 aromatic heterocycles. The Balaban J connectivity index is 2.28. The summed E-state index contributed by atoms with van der Waals surface area (Å²) in [6.45, 7) is 0. The SMILES string of the molecule is NC(=O)Oc1sc2nc(-c3ccc(I)cc3)cc(C(F)(F)F)c2c1N. The fourth-order valence-electron chi connectivity index (χ4n) is 2.26. The van der Waals surface area contributed by atoms with E-state index in [0.29, 0.717) is 5.56 Å². The highest BCUT2D eigenvalue weighted by Gasteiger charge is 2.36. The second-order valence-electron chi connectivity index (χ2n) is 4.96. The normalized spacial score (nSPS) is 11.7. The smallest absolute Gasteiger partial charge is 0.397 e. The summed E-state index contributed by atoms with van der Waals surface area (Å²) in [6, 6.07) is 7.81. The molecule has 0 radical (unpaired) electrons. The van der Waals surface area contributed by atoms with Gasteiger partial charge in [-0.2, -0.15) is 13.2 Å². The minimum absolute atomic E-state index is 0.0112. The summed E-state index contributed by atoms with van der Waals surface area (Å²) in [5.41, 5.74) is 10.1. The van der Waals surface area contributed by atoms with E-state index >= 15 is 0 Å². The summed E-state index contributed by atoms with van der Waals surface area (Å²) in [5, 5.41) is -0.511. The van der Waals surface area contributed by atoms with Crippen molar-refractivity contribution in [3.05, 3.63) is 39.5 Å². The zero-order valence-electron chi connectivity index (χ0n) is 12.2. The van der Waals surface area contributed by atoms with E-state index in [2.05, 4.69) is 32.3 Å². The van der Waals surface area contributed by atoms with Gasteiger partial charge in [-0.05, 0) is 40.8 Å². The number of rotatable bonds is 2. The average Bonchev–Trinajstić information content (AvgIpc) is 2.81. The van der Waals surface area contributed by atoms with Crippen LogP contribution in [0.3, 0.4) is 0 Å². The highest BCUT2D eigenvalue weighted by molar-refractivity contribution is 14.1. The van der Waals surface area contributed by atoms with Crippen molar-refractivity contribution in [1.82, 2.24) is 4.98 Å². The predicted molar refractivity (Wildman–Crippen MR) is 97.4 cm³/mol. The van der Waals surface area contributed by atoms with Crippen LogP contribution in [0.15, 0.2) is 30.3 Å². The number of carbonyl (C=O) groups excluding carboxylic acids is 1. The number of nitrogens with two attached hydrogens (primary N) is 2. The molecule has 0 saturated carbocycles. The van der Waals surface area contributed by atoms with Crippen LogP contribution in [0.1, 0.15) is 5.56 Å². The maximum atomic E-state index is 13.5. The first-order valence-electron chi connectivity index (χ1n) is 6.70. The molecule has 130 valence electrons. The van der Waals surface area contributed by atoms with Crippen LogP contribution in [-0.2, 0) is 6.18 Å². The number of primary amides is 1. The molecule has 0 unspecified atom stereocenters. The predicted octanol–water partition coefficient (Wildman–Crippen LogP) is 4.63. The van der Waals surface area contributed by atoms with E-state index in [1.165, 1.54) is 0 Å². The van der Waals surface area contributed by atoms with Gasteiger partial charge in [-0.3, -0.25) is 0 Å². The van der Waals surface area contributed by atoms with Crippen LogP contribution in [0.5, 0.6) is 5.06 Å². The maximum absolute atomic E-state index is 13.5. The molecule has 0 bridgehead atoms. The largest absolute Gasteiger partial charge is 0.417 e. The molecule has 0 saturated heterocycles. The summed E-state index contributed by atoms with van der Waals surface area (Å²) in [5.74, 6) is 0. The van der Waals surface area contributed by atoms with Crippen molar-refractivity contribution in [3.8, 4) is 16.3 Å². The molecule has 0 aliphatic heterocycles. The van der Waals surface area contributed by atoms with Gasteiger partial charge >= 0.3 is 12.3 Å². The number of ether oxygens (including phenoxy) is 1. The van der Waals surface area contributed by atoms with Crippen LogP contribution in [0.2, 0.25) is 0 Å². The molecule has 2 heterocycles. The molecule has 4 N–H and O–H groups in total. The Bertz CT molecular complexity index is 971. The average molecular weight is 479 g/mol. The molecular weight excluding hydrogens is 470 g/mol. The number of pyridine rings is 1. The first kappa shape index (κ1) is 17.7. The highest BCUT2D eigenvalue weighted by Crippen LogP contribution is 2.46. The zero-order chi connectivity index (χ0) is 18.4. The molecule has 0 spiro atoms. The third-order valence-electron chi connectivity index (χ3n) is 3.30. The number of hydrogen-bond acceptors (Lipinski definition) is 5. The summed E-state index contributed by atoms with van der Waals surface area (Å²) in [7, 11) is 0. The first-order chi connectivity index (χ1) is 11.7. The van der Waals surface area contributed by atoms with Crippen molar-refractivity contribution in [1.29, 1.82) is 0 Å². The van der Waals surface area contributed by atoms with Gasteiger partial charge in [0.05, 0.1) is 22.3 Å². The number of hydrogen-bond donors (Lipinski definition) is 2. The summed E-state index contributed by atoms with van der Waals surface area (Å²) >= 11 is 2.83. The van der Waals surface area contributed by atoms with Gasteiger partial charge in [-0.1, -0.05) is 23.5 Å². The highest BCUT2D eigenvalue weighted by atomic mass is 127. The van der Waals surface area contributed by atoms with Crippen LogP contribution in [0.25, 0.3) is 21.5 Å². The zero-order valence-corrected chi connectivity index (χ0v) is 15.2. The summed E-state index contributed by atoms with van der Waals surface area (Å²) < 4.78 is 46.2. The molecule has 5 nitrogen and oxygen atoms in total. The van der Waals surface area contributed by atoms with Gasteiger partial charge in [-0.15, -0.1) is 0 Å². The molecule has 1 amide bonds. The van der Waals surface area contributed by atoms with Crippen molar-refractivity contribution in [2.75, 3.05) is 5.73 Å². The molecule has 3 aromatic rings. The molecule has 10 heteroatoms. The Hall–Kier alpha value is -2.08. The van der Waals surface area contributed by atoms with Crippen molar-refractivity contribution >= 4 is 55.9 Å². The van der Waals surface area contributed by atoms with Gasteiger partial charge in [-0.25, -0.2) is 9.78 Å². The van der Waals surface area contributed by atoms with Crippen LogP contribution in [0, 0.1) is 3.57 Å². The van der Waals surface area contributed by atoms with Crippen molar-refractivity contribution in [2.24, 2.45) is 5.73 Å². The number of nitrogen functional groups attached to an aromatic ring is 1. The molecule has 0 aliphatic carbocycles. The number of aromatic nitrogens is 1. The number of anilines is 1. The van der Waals surface area contributed by atoms with E-state index in [4.69, 9.17) is 11.5 Å². The molecule has 0 aliphatic rings. The van der Waals surface area contributed by atoms with E-state index in [1.54, 1.807) is 24.3 Å². The summed E-state index contributed by atoms with van der Waals surface area (Å²) in [4.78, 5) is 15.2. The van der Waals surface area contributed by atoms with Crippen molar-refractivity contribution < 1.29 is 22.7 Å². The van der Waals surface area contributed by atoms with Gasteiger partial charge in [0.15, 0.2) is 0 Å². The molecule has 25 heavy (non-hydrogen) atoms. The Labute approximate surface area is 156 Å². The second-order valence-corrected chi connectivity index (χ2v) is 7.17. The monoisotopic (exact) mass is 479 g/mol. The maximum Gasteiger partial charge on any atom is 0.417 e. The standard InChI is InChI=1S/C15H9F3IN3O2S/c16-15(17,18)8-5-9(6-1-3-7(19)4-2-6)22-12-10(8)11(20)13(25-12)24-14(21)23/h1-5H,20H2,(H2,21,23). The van der Waals surface area contributed by atoms with Crippen molar-refractivity contribution in [3.63, 3.8) is 0 Å². The van der Waals surface area contributed by atoms with Gasteiger partial charge in [0.1, 0.15) is 4.83 Å². The van der Waals surface area contributed by atoms with Crippen molar-refractivity contribution in [2.45, 2.75) is 6.18 Å². The quantitative estimate of drug-likeness (QED) is 0.525. The third-order valence-corrected chi connectivity index (χ3v) is 5.00. The number of nitrogens with zero attached hydrogens (tertiary/aromatic N) is 1. The molecule has 0 fully saturated rings. The lowest BCUT2D eigenvalue weighted by Gasteiger charge is -2.11. The Kier molecular flexibility index (Phi) is 4.49. The number of alkyl halides is 3. The fourth-order valence-corrected chi connectivity index (χ4v) is 3.60. The van der Waals surface area contributed by atoms with Gasteiger partial charge in [0.25, 0.3) is 0 Å². The summed E-state index contributed by atoms with van der Waals surface area (Å²) in [6.07, 6.45) is -5.82. The Morgan fingerprint density at radius 1 is 1.24 bits per heavy atom. The molecule has 1 aromatic carbocycles. The van der Waals surface area contributed by atoms with E-state index in [9.17, 15) is 18.0 Å². The Morgan fingerprint density at radius 3 is 2.44 bits per heavy atom. The minimum Gasteiger partial charge on any atom is -0.397 e. The minimum atomic E-state index is -4.65. The van der Waals surface area contributed by atoms with Gasteiger partial charge in [0, 0.05) is 9.13 Å². The van der Waals surface area contributed by atoms with Gasteiger partial charge < -0.3 is 16.2 Å². The first-order valence-corrected chi connectivity index (χ1v) is 8.60. The number of amides is 1. The number of halogens is 4. The Morgan fingerprint density at radius 2 is 1.88 bits per heavy atom. The topological polar surface area (TPSA) is 91.2 Å². The van der Waals surface area contributed by atoms with Crippen LogP contribution < -0.4 is 16.2 Å². The second kappa shape index (κ2) is 6.33. The van der Waals surface area contributed by atoms with E-state index in [1.807, 2.05) is 0 Å². The lowest BCUT2D eigenvalue weighted by atomic mass is 10.1. The number of benzene rings is 1. The molecular formula is C15H9F3IN3O2S. The number of carbonyl (C=O) groups is 1. The lowest BCUT2D eigenvalue weighted by molar-refractivity contribution is -0.136. The van der Waals surface area contributed by atoms with E-state index < -0.39 is 17.8 Å². The van der Waals surface area contributed by atoms with Crippen LogP contribution >= 0.6 is 33.9 Å². The van der Waals surface area contributed by atoms with E-state index in [0.717, 1.165) is 21.0 Å². The molecule has 3 rings (SSSR count). The molecule has 0 atom stereocenters. The van der Waals surface area contributed by atoms with Crippen LogP contribution in [0.4, 0.5) is 23.7 Å². The lowest BCUT2D eigenvalue weighted by Crippen LogP contribution is -2.16. The van der Waals surface area contributed by atoms with E-state index in [-0.39, 0.29) is 26.7 Å². The third kappa shape index (κ3) is 3.49. The number of thiophene rings is 1. The number of fused-ring (bicyclic) bond motifs is 1. The van der Waals surface area contributed by atoms with Gasteiger partial charge in [0.2, 0.25) is 5.06 Å². The van der Waals surface area contributed by atoms with Crippen LogP contribution in [-0.4, -0.2) is 11.1 Å².